The van der Waals surface area contributed by atoms with E-state index in [1.54, 1.807) is 0 Å². The van der Waals surface area contributed by atoms with Gasteiger partial charge in [0.05, 0.1) is 17.1 Å². The number of benzene rings is 2. The molecule has 0 radical (unpaired) electrons. The minimum absolute atomic E-state index is 0.119. The van der Waals surface area contributed by atoms with Crippen molar-refractivity contribution in [3.63, 3.8) is 0 Å². The van der Waals surface area contributed by atoms with Gasteiger partial charge in [-0.3, -0.25) is 14.6 Å². The van der Waals surface area contributed by atoms with E-state index in [0.29, 0.717) is 18.8 Å². The third-order valence-corrected chi connectivity index (χ3v) is 8.43. The highest BCUT2D eigenvalue weighted by molar-refractivity contribution is 6.03. The number of nitrogens with zero attached hydrogens (tertiary/aromatic N) is 2. The van der Waals surface area contributed by atoms with E-state index in [9.17, 15) is 14.7 Å². The molecule has 1 aliphatic heterocycles. The minimum atomic E-state index is -0.624. The smallest absolute Gasteiger partial charge is 0.309 e. The van der Waals surface area contributed by atoms with Crippen molar-refractivity contribution < 1.29 is 14.7 Å². The summed E-state index contributed by atoms with van der Waals surface area (Å²) < 4.78 is 0. The summed E-state index contributed by atoms with van der Waals surface area (Å²) in [6.45, 7) is 4.00. The summed E-state index contributed by atoms with van der Waals surface area (Å²) in [6.07, 6.45) is 4.38. The van der Waals surface area contributed by atoms with Gasteiger partial charge in [0.15, 0.2) is 0 Å². The average molecular weight is 405 g/mol. The first-order valence-corrected chi connectivity index (χ1v) is 11.2. The Labute approximate surface area is 176 Å². The number of carbonyl (C=O) groups is 2. The van der Waals surface area contributed by atoms with Crippen LogP contribution in [0.5, 0.6) is 0 Å². The van der Waals surface area contributed by atoms with Gasteiger partial charge in [-0.25, -0.2) is 5.01 Å². The Bertz CT molecular complexity index is 1060. The lowest BCUT2D eigenvalue weighted by Crippen LogP contribution is -2.80. The van der Waals surface area contributed by atoms with Crippen LogP contribution in [0.15, 0.2) is 42.5 Å². The number of rotatable bonds is 3. The third-order valence-electron chi connectivity index (χ3n) is 8.43. The fraction of sp³-hybridized carbons (Fsp3) is 0.520. The van der Waals surface area contributed by atoms with Crippen molar-refractivity contribution in [2.45, 2.75) is 57.5 Å². The predicted octanol–water partition coefficient (Wildman–Crippen LogP) is 4.46. The highest BCUT2D eigenvalue weighted by Gasteiger charge is 2.65. The molecule has 2 aromatic carbocycles. The molecule has 5 nitrogen and oxygen atoms in total. The summed E-state index contributed by atoms with van der Waals surface area (Å²) in [5, 5.41) is 16.5. The zero-order valence-electron chi connectivity index (χ0n) is 17.5. The van der Waals surface area contributed by atoms with Gasteiger partial charge >= 0.3 is 5.97 Å². The molecule has 7 rings (SSSR count). The zero-order valence-corrected chi connectivity index (χ0v) is 17.5. The van der Waals surface area contributed by atoms with Crippen molar-refractivity contribution >= 4 is 28.3 Å². The Kier molecular flexibility index (Phi) is 3.51. The maximum absolute atomic E-state index is 13.4. The van der Waals surface area contributed by atoms with Gasteiger partial charge in [-0.1, -0.05) is 36.4 Å². The van der Waals surface area contributed by atoms with E-state index in [1.807, 2.05) is 31.0 Å². The van der Waals surface area contributed by atoms with Gasteiger partial charge < -0.3 is 5.11 Å². The first kappa shape index (κ1) is 18.2. The van der Waals surface area contributed by atoms with E-state index in [0.717, 1.165) is 30.3 Å². The van der Waals surface area contributed by atoms with Gasteiger partial charge in [-0.2, -0.15) is 0 Å². The number of hydrogen-bond donors (Lipinski definition) is 1. The van der Waals surface area contributed by atoms with Crippen molar-refractivity contribution in [1.29, 1.82) is 0 Å². The average Bonchev–Trinajstić information content (AvgIpc) is 2.71. The maximum Gasteiger partial charge on any atom is 0.309 e. The molecule has 2 aromatic rings. The highest BCUT2D eigenvalue weighted by Crippen LogP contribution is 2.62. The lowest BCUT2D eigenvalue weighted by molar-refractivity contribution is -0.187. The van der Waals surface area contributed by atoms with E-state index < -0.39 is 16.9 Å². The fourth-order valence-corrected chi connectivity index (χ4v) is 7.42. The Morgan fingerprint density at radius 3 is 2.37 bits per heavy atom. The standard InChI is InChI=1S/C25H28N2O3/c1-24(2)22(28)26(27(24)20-9-5-7-16-6-3-4-8-19(16)20)21-17-10-15-11-18(21)14-25(12-15,13-17)23(29)30/h3-9,15,17-18,21H,10-14H2,1-2H3,(H,29,30)/t15?,17-,18+,21?,25?. The van der Waals surface area contributed by atoms with Gasteiger partial charge in [-0.05, 0) is 75.2 Å². The third kappa shape index (κ3) is 2.18. The molecule has 1 amide bonds. The number of aliphatic carboxylic acids is 1. The molecule has 1 heterocycles. The summed E-state index contributed by atoms with van der Waals surface area (Å²) in [6, 6.07) is 14.7. The monoisotopic (exact) mass is 404 g/mol. The Morgan fingerprint density at radius 1 is 1.00 bits per heavy atom. The van der Waals surface area contributed by atoms with Gasteiger partial charge in [0.1, 0.15) is 5.54 Å². The molecule has 30 heavy (non-hydrogen) atoms. The maximum atomic E-state index is 13.4. The Hall–Kier alpha value is -2.56. The van der Waals surface area contributed by atoms with E-state index in [-0.39, 0.29) is 23.8 Å². The van der Waals surface area contributed by atoms with Crippen molar-refractivity contribution in [2.75, 3.05) is 5.01 Å². The topological polar surface area (TPSA) is 60.9 Å². The van der Waals surface area contributed by atoms with Crippen LogP contribution in [0.1, 0.15) is 46.0 Å². The largest absolute Gasteiger partial charge is 0.481 e. The van der Waals surface area contributed by atoms with Crippen molar-refractivity contribution in [2.24, 2.45) is 23.2 Å². The van der Waals surface area contributed by atoms with E-state index in [4.69, 9.17) is 0 Å². The molecule has 5 atom stereocenters. The van der Waals surface area contributed by atoms with Crippen LogP contribution in [-0.4, -0.2) is 33.6 Å². The van der Waals surface area contributed by atoms with Crippen LogP contribution in [-0.2, 0) is 9.59 Å². The number of fused-ring (bicyclic) bond motifs is 1. The molecule has 4 saturated carbocycles. The normalized spacial score (nSPS) is 36.3. The summed E-state index contributed by atoms with van der Waals surface area (Å²) in [4.78, 5) is 25.5. The van der Waals surface area contributed by atoms with E-state index >= 15 is 0 Å². The van der Waals surface area contributed by atoms with Gasteiger partial charge in [0.2, 0.25) is 0 Å². The second kappa shape index (κ2) is 5.77. The summed E-state index contributed by atoms with van der Waals surface area (Å²) >= 11 is 0. The van der Waals surface area contributed by atoms with Crippen LogP contribution in [0.25, 0.3) is 10.8 Å². The molecule has 5 heteroatoms. The van der Waals surface area contributed by atoms with Gasteiger partial charge in [0, 0.05) is 5.39 Å². The summed E-state index contributed by atoms with van der Waals surface area (Å²) in [7, 11) is 0. The van der Waals surface area contributed by atoms with Crippen molar-refractivity contribution in [3.05, 3.63) is 42.5 Å². The van der Waals surface area contributed by atoms with Crippen LogP contribution >= 0.6 is 0 Å². The minimum Gasteiger partial charge on any atom is -0.481 e. The quantitative estimate of drug-likeness (QED) is 0.820. The lowest BCUT2D eigenvalue weighted by atomic mass is 9.47. The summed E-state index contributed by atoms with van der Waals surface area (Å²) in [5.74, 6) is 0.610. The summed E-state index contributed by atoms with van der Waals surface area (Å²) in [5.41, 5.74) is -0.0799. The zero-order chi connectivity index (χ0) is 20.8. The van der Waals surface area contributed by atoms with E-state index in [1.165, 1.54) is 5.39 Å². The predicted molar refractivity (Wildman–Crippen MR) is 115 cm³/mol. The number of hydrazine groups is 1. The Morgan fingerprint density at radius 2 is 1.67 bits per heavy atom. The first-order chi connectivity index (χ1) is 14.3. The van der Waals surface area contributed by atoms with Gasteiger partial charge in [-0.15, -0.1) is 0 Å². The van der Waals surface area contributed by atoms with Crippen molar-refractivity contribution in [1.82, 2.24) is 5.01 Å². The lowest BCUT2D eigenvalue weighted by Gasteiger charge is -2.67. The molecule has 1 saturated heterocycles. The van der Waals surface area contributed by atoms with Crippen molar-refractivity contribution in [3.8, 4) is 0 Å². The Balaban J connectivity index is 1.42. The number of amides is 1. The van der Waals surface area contributed by atoms with Gasteiger partial charge in [0.25, 0.3) is 5.91 Å². The van der Waals surface area contributed by atoms with Crippen LogP contribution < -0.4 is 5.01 Å². The molecule has 0 aromatic heterocycles. The van der Waals surface area contributed by atoms with Crippen LogP contribution in [0.3, 0.4) is 0 Å². The number of anilines is 1. The molecule has 156 valence electrons. The fourth-order valence-electron chi connectivity index (χ4n) is 7.42. The molecule has 4 aliphatic carbocycles. The van der Waals surface area contributed by atoms with Crippen LogP contribution in [0.4, 0.5) is 5.69 Å². The SMILES string of the molecule is CC1(C)C(=O)N(C2[C@@H]3CC4C[C@H]2CC(C(=O)O)(C4)C3)N1c1cccc2ccccc12. The molecule has 1 N–H and O–H groups in total. The second-order valence-electron chi connectivity index (χ2n) is 10.6. The van der Waals surface area contributed by atoms with E-state index in [2.05, 4.69) is 35.3 Å². The van der Waals surface area contributed by atoms with Crippen LogP contribution in [0.2, 0.25) is 0 Å². The number of carboxylic acids is 1. The molecule has 5 aliphatic rings. The first-order valence-electron chi connectivity index (χ1n) is 11.2. The van der Waals surface area contributed by atoms with Crippen LogP contribution in [0, 0.1) is 23.2 Å². The number of carboxylic acid groups (broad SMARTS) is 1. The molecule has 5 fully saturated rings. The number of hydrogen-bond acceptors (Lipinski definition) is 3. The molecule has 4 bridgehead atoms. The molecule has 3 unspecified atom stereocenters. The highest BCUT2D eigenvalue weighted by atomic mass is 16.4. The second-order valence-corrected chi connectivity index (χ2v) is 10.6. The molecular formula is C25H28N2O3. The number of carbonyl (C=O) groups excluding carboxylic acids is 1. The molecular weight excluding hydrogens is 376 g/mol. The molecule has 0 spiro atoms.